The topological polar surface area (TPSA) is 74.5 Å². The van der Waals surface area contributed by atoms with Crippen LogP contribution in [-0.2, 0) is 0 Å². The normalized spacial score (nSPS) is 10.8. The number of benzene rings is 2. The van der Waals surface area contributed by atoms with Gasteiger partial charge in [-0.2, -0.15) is 0 Å². The molecule has 1 heterocycles. The average Bonchev–Trinajstić information content (AvgIpc) is 3.19. The number of carbonyl (C=O) groups is 1. The largest absolute Gasteiger partial charge is 0.493 e. The molecule has 1 aromatic heterocycles. The van der Waals surface area contributed by atoms with Crippen molar-refractivity contribution in [3.63, 3.8) is 0 Å². The lowest BCUT2D eigenvalue weighted by Crippen LogP contribution is -2.10. The molecule has 0 bridgehead atoms. The van der Waals surface area contributed by atoms with Gasteiger partial charge in [-0.15, -0.1) is 10.2 Å². The molecular formula is C22H24N2O4S. The quantitative estimate of drug-likeness (QED) is 0.401. The number of Topliss-reactive ketones (excluding diaryl/α,β-unsaturated/α-hetero) is 1. The number of hydrogen-bond acceptors (Lipinski definition) is 7. The van der Waals surface area contributed by atoms with Gasteiger partial charge in [0.1, 0.15) is 0 Å². The standard InChI is InChI=1S/C22H24N2O4S/c1-12-9-13(2)15(4)20(14(12)3)17(25)11-29-22-24-23-21(28-22)16-7-8-18(26-5)19(10-16)27-6/h7-10H,11H2,1-6H3. The minimum absolute atomic E-state index is 0.0580. The molecule has 0 N–H and O–H groups in total. The maximum Gasteiger partial charge on any atom is 0.277 e. The first-order valence-corrected chi connectivity index (χ1v) is 10.1. The van der Waals surface area contributed by atoms with E-state index in [1.807, 2.05) is 33.8 Å². The molecule has 0 spiro atoms. The maximum absolute atomic E-state index is 12.9. The van der Waals surface area contributed by atoms with Crippen LogP contribution in [0.5, 0.6) is 11.5 Å². The number of nitrogens with zero attached hydrogens (tertiary/aromatic N) is 2. The minimum atomic E-state index is 0.0580. The Morgan fingerprint density at radius 1 is 0.966 bits per heavy atom. The van der Waals surface area contributed by atoms with Crippen molar-refractivity contribution in [2.24, 2.45) is 0 Å². The van der Waals surface area contributed by atoms with E-state index >= 15 is 0 Å². The van der Waals surface area contributed by atoms with Crippen molar-refractivity contribution in [3.8, 4) is 23.0 Å². The van der Waals surface area contributed by atoms with E-state index in [1.54, 1.807) is 26.4 Å². The van der Waals surface area contributed by atoms with Crippen molar-refractivity contribution in [2.75, 3.05) is 20.0 Å². The third-order valence-corrected chi connectivity index (χ3v) is 5.83. The molecule has 0 aliphatic carbocycles. The van der Waals surface area contributed by atoms with E-state index in [0.29, 0.717) is 28.2 Å². The smallest absolute Gasteiger partial charge is 0.277 e. The van der Waals surface area contributed by atoms with E-state index in [0.717, 1.165) is 27.8 Å². The van der Waals surface area contributed by atoms with Gasteiger partial charge in [0.25, 0.3) is 5.22 Å². The van der Waals surface area contributed by atoms with Crippen LogP contribution in [0.4, 0.5) is 0 Å². The van der Waals surface area contributed by atoms with Crippen LogP contribution in [0.25, 0.3) is 11.5 Å². The molecule has 0 radical (unpaired) electrons. The van der Waals surface area contributed by atoms with Gasteiger partial charge < -0.3 is 13.9 Å². The van der Waals surface area contributed by atoms with Gasteiger partial charge in [0, 0.05) is 11.1 Å². The summed E-state index contributed by atoms with van der Waals surface area (Å²) in [5.41, 5.74) is 5.79. The van der Waals surface area contributed by atoms with Gasteiger partial charge in [0.2, 0.25) is 5.89 Å². The van der Waals surface area contributed by atoms with Crippen LogP contribution < -0.4 is 9.47 Å². The first-order valence-electron chi connectivity index (χ1n) is 9.15. The summed E-state index contributed by atoms with van der Waals surface area (Å²) in [5, 5.41) is 8.49. The lowest BCUT2D eigenvalue weighted by Gasteiger charge is -2.13. The van der Waals surface area contributed by atoms with Crippen molar-refractivity contribution in [1.29, 1.82) is 0 Å². The summed E-state index contributed by atoms with van der Waals surface area (Å²) in [6, 6.07) is 7.48. The van der Waals surface area contributed by atoms with Gasteiger partial charge in [-0.3, -0.25) is 4.79 Å². The second kappa shape index (κ2) is 8.69. The summed E-state index contributed by atoms with van der Waals surface area (Å²) in [6.07, 6.45) is 0. The predicted octanol–water partition coefficient (Wildman–Crippen LogP) is 4.96. The third kappa shape index (κ3) is 4.29. The zero-order valence-electron chi connectivity index (χ0n) is 17.5. The average molecular weight is 413 g/mol. The summed E-state index contributed by atoms with van der Waals surface area (Å²) >= 11 is 1.24. The molecule has 3 rings (SSSR count). The highest BCUT2D eigenvalue weighted by Crippen LogP contribution is 2.33. The third-order valence-electron chi connectivity index (χ3n) is 5.01. The fourth-order valence-corrected chi connectivity index (χ4v) is 3.82. The molecule has 0 atom stereocenters. The molecule has 152 valence electrons. The molecule has 0 aliphatic rings. The van der Waals surface area contributed by atoms with Gasteiger partial charge in [0.15, 0.2) is 17.3 Å². The van der Waals surface area contributed by atoms with Crippen molar-refractivity contribution in [3.05, 3.63) is 52.1 Å². The Morgan fingerprint density at radius 2 is 1.62 bits per heavy atom. The molecule has 0 amide bonds. The number of aryl methyl sites for hydroxylation is 2. The first kappa shape index (κ1) is 20.9. The summed E-state index contributed by atoms with van der Waals surface area (Å²) in [5.74, 6) is 1.85. The summed E-state index contributed by atoms with van der Waals surface area (Å²) < 4.78 is 16.3. The van der Waals surface area contributed by atoms with E-state index in [9.17, 15) is 4.79 Å². The Kier molecular flexibility index (Phi) is 6.27. The van der Waals surface area contributed by atoms with E-state index in [4.69, 9.17) is 13.9 Å². The fourth-order valence-electron chi connectivity index (χ4n) is 3.19. The number of thioether (sulfide) groups is 1. The highest BCUT2D eigenvalue weighted by molar-refractivity contribution is 7.99. The van der Waals surface area contributed by atoms with Gasteiger partial charge in [-0.25, -0.2) is 0 Å². The number of aromatic nitrogens is 2. The van der Waals surface area contributed by atoms with Crippen molar-refractivity contribution in [1.82, 2.24) is 10.2 Å². The van der Waals surface area contributed by atoms with Gasteiger partial charge >= 0.3 is 0 Å². The first-order chi connectivity index (χ1) is 13.8. The van der Waals surface area contributed by atoms with Crippen LogP contribution in [0.2, 0.25) is 0 Å². The van der Waals surface area contributed by atoms with Crippen molar-refractivity contribution < 1.29 is 18.7 Å². The van der Waals surface area contributed by atoms with Gasteiger partial charge in [-0.1, -0.05) is 17.8 Å². The molecule has 0 saturated carbocycles. The number of carbonyl (C=O) groups excluding carboxylic acids is 1. The highest BCUT2D eigenvalue weighted by Gasteiger charge is 2.18. The Morgan fingerprint density at radius 3 is 2.24 bits per heavy atom. The molecule has 2 aromatic carbocycles. The lowest BCUT2D eigenvalue weighted by atomic mass is 9.92. The molecule has 6 nitrogen and oxygen atoms in total. The van der Waals surface area contributed by atoms with E-state index < -0.39 is 0 Å². The number of ether oxygens (including phenoxy) is 2. The highest BCUT2D eigenvalue weighted by atomic mass is 32.2. The van der Waals surface area contributed by atoms with Crippen LogP contribution in [0.1, 0.15) is 32.6 Å². The number of ketones is 1. The van der Waals surface area contributed by atoms with Crippen LogP contribution in [0.15, 0.2) is 33.9 Å². The second-order valence-electron chi connectivity index (χ2n) is 6.79. The van der Waals surface area contributed by atoms with E-state index in [-0.39, 0.29) is 11.5 Å². The Bertz CT molecular complexity index is 1030. The number of hydrogen-bond donors (Lipinski definition) is 0. The molecule has 3 aromatic rings. The summed E-state index contributed by atoms with van der Waals surface area (Å²) in [4.78, 5) is 12.9. The van der Waals surface area contributed by atoms with Gasteiger partial charge in [0.05, 0.1) is 20.0 Å². The Balaban J connectivity index is 1.76. The maximum atomic E-state index is 12.9. The molecular weight excluding hydrogens is 388 g/mol. The van der Waals surface area contributed by atoms with Gasteiger partial charge in [-0.05, 0) is 68.1 Å². The SMILES string of the molecule is COc1ccc(-c2nnc(SCC(=O)c3c(C)c(C)cc(C)c3C)o2)cc1OC. The van der Waals surface area contributed by atoms with Crippen LogP contribution >= 0.6 is 11.8 Å². The summed E-state index contributed by atoms with van der Waals surface area (Å²) in [7, 11) is 3.15. The fraction of sp³-hybridized carbons (Fsp3) is 0.318. The van der Waals surface area contributed by atoms with Crippen LogP contribution in [0, 0.1) is 27.7 Å². The van der Waals surface area contributed by atoms with Crippen molar-refractivity contribution in [2.45, 2.75) is 32.9 Å². The zero-order valence-corrected chi connectivity index (χ0v) is 18.3. The monoisotopic (exact) mass is 412 g/mol. The Hall–Kier alpha value is -2.80. The number of methoxy groups -OCH3 is 2. The van der Waals surface area contributed by atoms with E-state index in [2.05, 4.69) is 16.3 Å². The second-order valence-corrected chi connectivity index (χ2v) is 7.72. The van der Waals surface area contributed by atoms with Crippen LogP contribution in [0.3, 0.4) is 0 Å². The van der Waals surface area contributed by atoms with Crippen LogP contribution in [-0.4, -0.2) is 36.0 Å². The lowest BCUT2D eigenvalue weighted by molar-refractivity contribution is 0.102. The zero-order chi connectivity index (χ0) is 21.1. The molecule has 29 heavy (non-hydrogen) atoms. The summed E-state index contributed by atoms with van der Waals surface area (Å²) in [6.45, 7) is 8.03. The molecule has 0 saturated heterocycles. The molecule has 0 aliphatic heterocycles. The van der Waals surface area contributed by atoms with E-state index in [1.165, 1.54) is 11.8 Å². The number of rotatable bonds is 7. The molecule has 0 fully saturated rings. The minimum Gasteiger partial charge on any atom is -0.493 e. The Labute approximate surface area is 174 Å². The predicted molar refractivity (Wildman–Crippen MR) is 113 cm³/mol. The van der Waals surface area contributed by atoms with Crippen molar-refractivity contribution >= 4 is 17.5 Å². The molecule has 0 unspecified atom stereocenters. The molecule has 7 heteroatoms.